The number of ketones is 1. The summed E-state index contributed by atoms with van der Waals surface area (Å²) in [5.41, 5.74) is 0.366. The summed E-state index contributed by atoms with van der Waals surface area (Å²) in [6.07, 6.45) is 1.92. The molecule has 0 bridgehead atoms. The molecule has 18 heavy (non-hydrogen) atoms. The Bertz CT molecular complexity index is 483. The molecule has 0 N–H and O–H groups in total. The molecule has 2 rings (SSSR count). The van der Waals surface area contributed by atoms with E-state index < -0.39 is 4.92 Å². The van der Waals surface area contributed by atoms with Gasteiger partial charge in [0.25, 0.3) is 0 Å². The van der Waals surface area contributed by atoms with E-state index in [9.17, 15) is 14.9 Å². The Labute approximate surface area is 109 Å². The van der Waals surface area contributed by atoms with E-state index in [0.29, 0.717) is 5.56 Å². The topological polar surface area (TPSA) is 69.4 Å². The van der Waals surface area contributed by atoms with Gasteiger partial charge in [-0.15, -0.1) is 0 Å². The van der Waals surface area contributed by atoms with Crippen LogP contribution >= 0.6 is 11.8 Å². The number of hydrogen-bond acceptors (Lipinski definition) is 5. The molecule has 1 unspecified atom stereocenters. The van der Waals surface area contributed by atoms with Crippen LogP contribution in [0.5, 0.6) is 5.75 Å². The number of nitro groups is 1. The van der Waals surface area contributed by atoms with Gasteiger partial charge in [-0.05, 0) is 30.7 Å². The molecule has 1 heterocycles. The van der Waals surface area contributed by atoms with Gasteiger partial charge in [0, 0.05) is 11.6 Å². The van der Waals surface area contributed by atoms with Gasteiger partial charge in [0.1, 0.15) is 0 Å². The fraction of sp³-hybridized carbons (Fsp3) is 0.417. The summed E-state index contributed by atoms with van der Waals surface area (Å²) in [5.74, 6) is 1.17. The van der Waals surface area contributed by atoms with E-state index in [4.69, 9.17) is 4.74 Å². The van der Waals surface area contributed by atoms with Crippen molar-refractivity contribution in [1.29, 1.82) is 0 Å². The molecule has 6 heteroatoms. The predicted molar refractivity (Wildman–Crippen MR) is 69.5 cm³/mol. The van der Waals surface area contributed by atoms with E-state index in [1.807, 2.05) is 0 Å². The highest BCUT2D eigenvalue weighted by atomic mass is 32.2. The Balaban J connectivity index is 2.29. The van der Waals surface area contributed by atoms with E-state index >= 15 is 0 Å². The third-order valence-electron chi connectivity index (χ3n) is 2.88. The van der Waals surface area contributed by atoms with Crippen molar-refractivity contribution in [1.82, 2.24) is 0 Å². The summed E-state index contributed by atoms with van der Waals surface area (Å²) in [6, 6.07) is 4.28. The first kappa shape index (κ1) is 12.9. The molecule has 0 aliphatic carbocycles. The van der Waals surface area contributed by atoms with Crippen LogP contribution in [0.2, 0.25) is 0 Å². The first-order valence-corrected chi connectivity index (χ1v) is 6.66. The van der Waals surface area contributed by atoms with Crippen LogP contribution in [0.4, 0.5) is 5.69 Å². The fourth-order valence-electron chi connectivity index (χ4n) is 1.95. The zero-order chi connectivity index (χ0) is 13.1. The zero-order valence-corrected chi connectivity index (χ0v) is 10.7. The number of nitrogens with zero attached hydrogens (tertiary/aromatic N) is 1. The summed E-state index contributed by atoms with van der Waals surface area (Å²) in [5, 5.41) is 10.7. The van der Waals surface area contributed by atoms with Gasteiger partial charge < -0.3 is 4.74 Å². The van der Waals surface area contributed by atoms with Crippen molar-refractivity contribution in [3.05, 3.63) is 33.9 Å². The average Bonchev–Trinajstić information content (AvgIpc) is 2.90. The number of rotatable bonds is 4. The molecule has 1 atom stereocenters. The van der Waals surface area contributed by atoms with Gasteiger partial charge in [-0.2, -0.15) is 11.8 Å². The zero-order valence-electron chi connectivity index (χ0n) is 9.92. The summed E-state index contributed by atoms with van der Waals surface area (Å²) in [7, 11) is 1.36. The highest BCUT2D eigenvalue weighted by molar-refractivity contribution is 8.00. The third kappa shape index (κ3) is 2.48. The maximum Gasteiger partial charge on any atom is 0.310 e. The Kier molecular flexibility index (Phi) is 3.86. The maximum atomic E-state index is 12.2. The standard InChI is InChI=1S/C12H13NO4S/c1-17-10-7-8(4-5-9(10)13(15)16)12(14)11-3-2-6-18-11/h4-5,7,11H,2-3,6H2,1H3. The Morgan fingerprint density at radius 2 is 2.33 bits per heavy atom. The SMILES string of the molecule is COc1cc(C(=O)C2CCCS2)ccc1[N+](=O)[O-]. The molecule has 1 saturated heterocycles. The van der Waals surface area contributed by atoms with Gasteiger partial charge >= 0.3 is 5.69 Å². The number of methoxy groups -OCH3 is 1. The van der Waals surface area contributed by atoms with Gasteiger partial charge in [-0.3, -0.25) is 14.9 Å². The molecule has 0 saturated carbocycles. The smallest absolute Gasteiger partial charge is 0.310 e. The minimum atomic E-state index is -0.516. The van der Waals surface area contributed by atoms with E-state index in [1.165, 1.54) is 25.3 Å². The van der Waals surface area contributed by atoms with Crippen LogP contribution in [-0.4, -0.2) is 28.8 Å². The predicted octanol–water partition coefficient (Wildman–Crippen LogP) is 2.68. The van der Waals surface area contributed by atoms with Crippen LogP contribution in [0.3, 0.4) is 0 Å². The van der Waals surface area contributed by atoms with E-state index in [0.717, 1.165) is 18.6 Å². The van der Waals surface area contributed by atoms with Crippen molar-refractivity contribution in [2.24, 2.45) is 0 Å². The number of hydrogen-bond donors (Lipinski definition) is 0. The fourth-order valence-corrected chi connectivity index (χ4v) is 3.19. The van der Waals surface area contributed by atoms with Crippen molar-refractivity contribution in [3.63, 3.8) is 0 Å². The minimum Gasteiger partial charge on any atom is -0.490 e. The first-order valence-electron chi connectivity index (χ1n) is 5.61. The van der Waals surface area contributed by atoms with Gasteiger partial charge in [0.05, 0.1) is 17.3 Å². The molecule has 0 radical (unpaired) electrons. The van der Waals surface area contributed by atoms with Gasteiger partial charge in [0.15, 0.2) is 11.5 Å². The van der Waals surface area contributed by atoms with Crippen molar-refractivity contribution in [2.45, 2.75) is 18.1 Å². The Hall–Kier alpha value is -1.56. The lowest BCUT2D eigenvalue weighted by atomic mass is 10.0. The molecule has 1 fully saturated rings. The number of thioether (sulfide) groups is 1. The largest absolute Gasteiger partial charge is 0.490 e. The maximum absolute atomic E-state index is 12.2. The van der Waals surface area contributed by atoms with Gasteiger partial charge in [-0.1, -0.05) is 0 Å². The second kappa shape index (κ2) is 5.39. The molecule has 1 aromatic carbocycles. The van der Waals surface area contributed by atoms with Crippen molar-refractivity contribution >= 4 is 23.2 Å². The van der Waals surface area contributed by atoms with Crippen LogP contribution in [0.1, 0.15) is 23.2 Å². The van der Waals surface area contributed by atoms with E-state index in [-0.39, 0.29) is 22.5 Å². The lowest BCUT2D eigenvalue weighted by Gasteiger charge is -2.08. The molecule has 0 aromatic heterocycles. The first-order chi connectivity index (χ1) is 8.63. The molecule has 1 aliphatic rings. The highest BCUT2D eigenvalue weighted by Gasteiger charge is 2.26. The van der Waals surface area contributed by atoms with Gasteiger partial charge in [0.2, 0.25) is 0 Å². The van der Waals surface area contributed by atoms with Crippen LogP contribution in [0, 0.1) is 10.1 Å². The quantitative estimate of drug-likeness (QED) is 0.476. The summed E-state index contributed by atoms with van der Waals surface area (Å²) < 4.78 is 4.96. The number of Topliss-reactive ketones (excluding diaryl/α,β-unsaturated/α-hetero) is 1. The summed E-state index contributed by atoms with van der Waals surface area (Å²) >= 11 is 1.65. The molecule has 96 valence electrons. The van der Waals surface area contributed by atoms with Gasteiger partial charge in [-0.25, -0.2) is 0 Å². The molecule has 0 spiro atoms. The average molecular weight is 267 g/mol. The Morgan fingerprint density at radius 3 is 2.89 bits per heavy atom. The summed E-state index contributed by atoms with van der Waals surface area (Å²) in [4.78, 5) is 22.4. The van der Waals surface area contributed by atoms with Crippen LogP contribution < -0.4 is 4.74 Å². The monoisotopic (exact) mass is 267 g/mol. The van der Waals surface area contributed by atoms with Crippen molar-refractivity contribution < 1.29 is 14.5 Å². The third-order valence-corrected chi connectivity index (χ3v) is 4.26. The minimum absolute atomic E-state index is 0.0174. The Morgan fingerprint density at radius 1 is 1.56 bits per heavy atom. The van der Waals surface area contributed by atoms with E-state index in [1.54, 1.807) is 11.8 Å². The number of nitro benzene ring substituents is 1. The number of benzene rings is 1. The van der Waals surface area contributed by atoms with Crippen molar-refractivity contribution in [3.8, 4) is 5.75 Å². The van der Waals surface area contributed by atoms with Crippen molar-refractivity contribution in [2.75, 3.05) is 12.9 Å². The number of ether oxygens (including phenoxy) is 1. The van der Waals surface area contributed by atoms with E-state index in [2.05, 4.69) is 0 Å². The molecular formula is C12H13NO4S. The highest BCUT2D eigenvalue weighted by Crippen LogP contribution is 2.32. The number of carbonyl (C=O) groups is 1. The second-order valence-corrected chi connectivity index (χ2v) is 5.32. The molecule has 1 aromatic rings. The van der Waals surface area contributed by atoms with Crippen LogP contribution in [0.15, 0.2) is 18.2 Å². The molecule has 1 aliphatic heterocycles. The van der Waals surface area contributed by atoms with Crippen LogP contribution in [-0.2, 0) is 0 Å². The van der Waals surface area contributed by atoms with Crippen LogP contribution in [0.25, 0.3) is 0 Å². The number of carbonyl (C=O) groups excluding carboxylic acids is 1. The normalized spacial score (nSPS) is 18.6. The summed E-state index contributed by atoms with van der Waals surface area (Å²) in [6.45, 7) is 0. The molecule has 5 nitrogen and oxygen atoms in total. The molecular weight excluding hydrogens is 254 g/mol. The lowest BCUT2D eigenvalue weighted by Crippen LogP contribution is -2.14. The second-order valence-electron chi connectivity index (χ2n) is 4.01. The molecule has 0 amide bonds. The lowest BCUT2D eigenvalue weighted by molar-refractivity contribution is -0.385.